The highest BCUT2D eigenvalue weighted by Gasteiger charge is 2.35. The Balaban J connectivity index is 1.62. The summed E-state index contributed by atoms with van der Waals surface area (Å²) in [4.78, 5) is 8.57. The molecule has 1 atom stereocenters. The Morgan fingerprint density at radius 3 is 3.05 bits per heavy atom. The maximum Gasteiger partial charge on any atom is 0.194 e. The van der Waals surface area contributed by atoms with Gasteiger partial charge in [0.05, 0.1) is 11.4 Å². The zero-order valence-corrected chi connectivity index (χ0v) is 12.8. The number of hydrogen-bond donors (Lipinski definition) is 1. The van der Waals surface area contributed by atoms with Crippen LogP contribution in [0, 0.1) is 5.41 Å². The molecule has 5 heteroatoms. The van der Waals surface area contributed by atoms with E-state index in [0.29, 0.717) is 5.41 Å². The summed E-state index contributed by atoms with van der Waals surface area (Å²) in [5.41, 5.74) is 9.01. The van der Waals surface area contributed by atoms with Gasteiger partial charge in [0.1, 0.15) is 0 Å². The van der Waals surface area contributed by atoms with Crippen LogP contribution in [0.5, 0.6) is 0 Å². The first-order chi connectivity index (χ1) is 9.68. The highest BCUT2D eigenvalue weighted by molar-refractivity contribution is 7.15. The van der Waals surface area contributed by atoms with Gasteiger partial charge in [-0.05, 0) is 37.8 Å². The zero-order valence-electron chi connectivity index (χ0n) is 12.0. The first kappa shape index (κ1) is 12.8. The van der Waals surface area contributed by atoms with Gasteiger partial charge in [0.2, 0.25) is 0 Å². The van der Waals surface area contributed by atoms with Gasteiger partial charge in [-0.1, -0.05) is 6.92 Å². The lowest BCUT2D eigenvalue weighted by atomic mass is 9.90. The summed E-state index contributed by atoms with van der Waals surface area (Å²) in [6, 6.07) is 0. The minimum atomic E-state index is 0.304. The van der Waals surface area contributed by atoms with Crippen molar-refractivity contribution in [1.82, 2.24) is 14.3 Å². The van der Waals surface area contributed by atoms with Crippen molar-refractivity contribution in [3.05, 3.63) is 23.0 Å². The zero-order chi connectivity index (χ0) is 13.7. The molecule has 1 saturated carbocycles. The summed E-state index contributed by atoms with van der Waals surface area (Å²) in [7, 11) is 0. The number of fused-ring (bicyclic) bond motifs is 1. The molecule has 1 aliphatic heterocycles. The number of hydrogen-bond acceptors (Lipinski definition) is 4. The average Bonchev–Trinajstić information content (AvgIpc) is 2.92. The van der Waals surface area contributed by atoms with Crippen molar-refractivity contribution in [2.75, 3.05) is 19.6 Å². The van der Waals surface area contributed by atoms with Crippen molar-refractivity contribution < 1.29 is 0 Å². The van der Waals surface area contributed by atoms with Crippen molar-refractivity contribution in [2.45, 2.75) is 38.6 Å². The number of nitrogens with two attached hydrogens (primary N) is 1. The lowest BCUT2D eigenvalue weighted by molar-refractivity contribution is 0.271. The normalized spacial score (nSPS) is 27.7. The highest BCUT2D eigenvalue weighted by atomic mass is 32.1. The largest absolute Gasteiger partial charge is 0.330 e. The van der Waals surface area contributed by atoms with E-state index in [1.165, 1.54) is 30.7 Å². The third kappa shape index (κ3) is 2.08. The predicted molar refractivity (Wildman–Crippen MR) is 82.1 cm³/mol. The first-order valence-corrected chi connectivity index (χ1v) is 8.43. The van der Waals surface area contributed by atoms with Crippen molar-refractivity contribution in [3.8, 4) is 0 Å². The van der Waals surface area contributed by atoms with Gasteiger partial charge in [0.25, 0.3) is 0 Å². The molecule has 3 heterocycles. The maximum absolute atomic E-state index is 5.92. The van der Waals surface area contributed by atoms with Crippen LogP contribution < -0.4 is 5.73 Å². The fourth-order valence-electron chi connectivity index (χ4n) is 3.33. The quantitative estimate of drug-likeness (QED) is 0.941. The minimum Gasteiger partial charge on any atom is -0.330 e. The molecular weight excluding hydrogens is 268 g/mol. The van der Waals surface area contributed by atoms with E-state index < -0.39 is 0 Å². The monoisotopic (exact) mass is 290 g/mol. The third-order valence-corrected chi connectivity index (χ3v) is 5.62. The summed E-state index contributed by atoms with van der Waals surface area (Å²) in [5.74, 6) is 0.723. The molecule has 4 rings (SSSR count). The molecule has 2 aromatic rings. The topological polar surface area (TPSA) is 46.6 Å². The smallest absolute Gasteiger partial charge is 0.194 e. The van der Waals surface area contributed by atoms with Gasteiger partial charge < -0.3 is 5.73 Å². The molecule has 20 heavy (non-hydrogen) atoms. The summed E-state index contributed by atoms with van der Waals surface area (Å²) in [6.45, 7) is 6.41. The fraction of sp³-hybridized carbons (Fsp3) is 0.667. The van der Waals surface area contributed by atoms with Crippen molar-refractivity contribution >= 4 is 16.3 Å². The molecule has 2 aromatic heterocycles. The summed E-state index contributed by atoms with van der Waals surface area (Å²) in [6.07, 6.45) is 6.02. The van der Waals surface area contributed by atoms with Gasteiger partial charge >= 0.3 is 0 Å². The Morgan fingerprint density at radius 1 is 1.50 bits per heavy atom. The van der Waals surface area contributed by atoms with E-state index in [1.54, 1.807) is 11.3 Å². The van der Waals surface area contributed by atoms with Gasteiger partial charge in [-0.25, -0.2) is 4.98 Å². The Hall–Kier alpha value is -0.910. The lowest BCUT2D eigenvalue weighted by Gasteiger charge is -2.22. The van der Waals surface area contributed by atoms with Crippen LogP contribution in [-0.4, -0.2) is 33.9 Å². The lowest BCUT2D eigenvalue weighted by Crippen LogP contribution is -2.31. The van der Waals surface area contributed by atoms with Gasteiger partial charge in [0, 0.05) is 30.6 Å². The van der Waals surface area contributed by atoms with E-state index in [2.05, 4.69) is 27.8 Å². The van der Waals surface area contributed by atoms with Crippen LogP contribution in [0.25, 0.3) is 4.96 Å². The fourth-order valence-corrected chi connectivity index (χ4v) is 4.07. The second kappa shape index (κ2) is 4.55. The number of rotatable bonds is 4. The molecule has 2 N–H and O–H groups in total. The standard InChI is InChI=1S/C15H22N4S/c1-15(9-16)4-5-18(10-15)8-12-13(11-2-3-11)17-14-19(12)6-7-20-14/h6-7,11H,2-5,8-10,16H2,1H3. The van der Waals surface area contributed by atoms with Crippen LogP contribution in [0.2, 0.25) is 0 Å². The van der Waals surface area contributed by atoms with E-state index in [1.807, 2.05) is 0 Å². The maximum atomic E-state index is 5.92. The molecule has 1 saturated heterocycles. The average molecular weight is 290 g/mol. The Kier molecular flexibility index (Phi) is 2.91. The number of aromatic nitrogens is 2. The van der Waals surface area contributed by atoms with Gasteiger partial charge in [0.15, 0.2) is 4.96 Å². The SMILES string of the molecule is CC1(CN)CCN(Cc2c(C3CC3)nc3sccn23)C1. The van der Waals surface area contributed by atoms with Crippen LogP contribution >= 0.6 is 11.3 Å². The van der Waals surface area contributed by atoms with Gasteiger partial charge in [-0.2, -0.15) is 0 Å². The number of nitrogens with zero attached hydrogens (tertiary/aromatic N) is 3. The van der Waals surface area contributed by atoms with E-state index in [9.17, 15) is 0 Å². The van der Waals surface area contributed by atoms with Crippen LogP contribution in [-0.2, 0) is 6.54 Å². The molecular formula is C15H22N4S. The van der Waals surface area contributed by atoms with Gasteiger partial charge in [-0.15, -0.1) is 11.3 Å². The molecule has 1 aliphatic carbocycles. The molecule has 4 nitrogen and oxygen atoms in total. The van der Waals surface area contributed by atoms with Crippen LogP contribution in [0.1, 0.15) is 43.5 Å². The molecule has 0 bridgehead atoms. The molecule has 0 amide bonds. The Bertz CT molecular complexity index is 627. The second-order valence-electron chi connectivity index (χ2n) is 6.75. The number of likely N-dealkylation sites (tertiary alicyclic amines) is 1. The van der Waals surface area contributed by atoms with Crippen LogP contribution in [0.15, 0.2) is 11.6 Å². The second-order valence-corrected chi connectivity index (χ2v) is 7.62. The number of thiazole rings is 1. The molecule has 108 valence electrons. The summed E-state index contributed by atoms with van der Waals surface area (Å²) < 4.78 is 2.30. The van der Waals surface area contributed by atoms with Crippen LogP contribution in [0.4, 0.5) is 0 Å². The molecule has 0 spiro atoms. The first-order valence-electron chi connectivity index (χ1n) is 7.55. The minimum absolute atomic E-state index is 0.304. The molecule has 2 fully saturated rings. The van der Waals surface area contributed by atoms with Gasteiger partial charge in [-0.3, -0.25) is 9.30 Å². The van der Waals surface area contributed by atoms with Crippen molar-refractivity contribution in [2.24, 2.45) is 11.1 Å². The Labute approximate surface area is 123 Å². The van der Waals surface area contributed by atoms with E-state index in [-0.39, 0.29) is 0 Å². The molecule has 0 aromatic carbocycles. The third-order valence-electron chi connectivity index (χ3n) is 4.86. The van der Waals surface area contributed by atoms with Crippen molar-refractivity contribution in [1.29, 1.82) is 0 Å². The summed E-state index contributed by atoms with van der Waals surface area (Å²) >= 11 is 1.74. The molecule has 1 unspecified atom stereocenters. The van der Waals surface area contributed by atoms with E-state index >= 15 is 0 Å². The number of imidazole rings is 1. The van der Waals surface area contributed by atoms with Crippen molar-refractivity contribution in [3.63, 3.8) is 0 Å². The summed E-state index contributed by atoms with van der Waals surface area (Å²) in [5, 5.41) is 2.14. The predicted octanol–water partition coefficient (Wildman–Crippen LogP) is 2.44. The Morgan fingerprint density at radius 2 is 2.35 bits per heavy atom. The van der Waals surface area contributed by atoms with E-state index in [4.69, 9.17) is 10.7 Å². The molecule has 0 radical (unpaired) electrons. The molecule has 2 aliphatic rings. The van der Waals surface area contributed by atoms with E-state index in [0.717, 1.165) is 37.1 Å². The van der Waals surface area contributed by atoms with Crippen LogP contribution in [0.3, 0.4) is 0 Å². The highest BCUT2D eigenvalue weighted by Crippen LogP contribution is 2.42.